The van der Waals surface area contributed by atoms with Crippen LogP contribution in [0.2, 0.25) is 0 Å². The predicted octanol–water partition coefficient (Wildman–Crippen LogP) is 1.77. The van der Waals surface area contributed by atoms with Gasteiger partial charge in [-0.2, -0.15) is 5.26 Å². The number of hydrogen-bond donors (Lipinski definition) is 2. The van der Waals surface area contributed by atoms with E-state index in [1.807, 2.05) is 31.2 Å². The van der Waals surface area contributed by atoms with E-state index in [9.17, 15) is 4.79 Å². The van der Waals surface area contributed by atoms with Gasteiger partial charge < -0.3 is 20.1 Å². The van der Waals surface area contributed by atoms with Crippen LogP contribution in [0.1, 0.15) is 18.9 Å². The summed E-state index contributed by atoms with van der Waals surface area (Å²) in [5.41, 5.74) is 1.08. The van der Waals surface area contributed by atoms with Crippen molar-refractivity contribution in [1.82, 2.24) is 10.6 Å². The summed E-state index contributed by atoms with van der Waals surface area (Å²) in [6.07, 6.45) is 3.01. The molecule has 0 saturated carbocycles. The summed E-state index contributed by atoms with van der Waals surface area (Å²) in [5.74, 6) is 0.936. The summed E-state index contributed by atoms with van der Waals surface area (Å²) in [7, 11) is 3.16. The molecule has 0 saturated heterocycles. The van der Waals surface area contributed by atoms with Gasteiger partial charge >= 0.3 is 0 Å². The van der Waals surface area contributed by atoms with Crippen LogP contribution in [0.4, 0.5) is 0 Å². The van der Waals surface area contributed by atoms with Gasteiger partial charge in [-0.3, -0.25) is 4.79 Å². The smallest absolute Gasteiger partial charge is 0.263 e. The Morgan fingerprint density at radius 2 is 2.00 bits per heavy atom. The van der Waals surface area contributed by atoms with E-state index in [1.54, 1.807) is 14.2 Å². The van der Waals surface area contributed by atoms with Crippen LogP contribution in [0.3, 0.4) is 0 Å². The Kier molecular flexibility index (Phi) is 8.08. The number of ether oxygens (including phenoxy) is 2. The van der Waals surface area contributed by atoms with E-state index in [-0.39, 0.29) is 11.5 Å². The molecule has 0 bridgehead atoms. The standard InChI is InChI=1S/C17H23N3O3/c1-4-8-19-12-14(11-18)17(21)20-9-7-13-5-6-15(22-2)16(10-13)23-3/h5-6,10,12,19H,4,7-9H2,1-3H3,(H,20,21)/b14-12-. The number of methoxy groups -OCH3 is 2. The van der Waals surface area contributed by atoms with E-state index >= 15 is 0 Å². The Morgan fingerprint density at radius 1 is 1.26 bits per heavy atom. The summed E-state index contributed by atoms with van der Waals surface area (Å²) in [6, 6.07) is 7.50. The van der Waals surface area contributed by atoms with Crippen molar-refractivity contribution in [3.05, 3.63) is 35.5 Å². The van der Waals surface area contributed by atoms with Crippen molar-refractivity contribution in [2.45, 2.75) is 19.8 Å². The van der Waals surface area contributed by atoms with E-state index < -0.39 is 0 Å². The lowest BCUT2D eigenvalue weighted by atomic mass is 10.1. The van der Waals surface area contributed by atoms with Gasteiger partial charge in [-0.05, 0) is 30.5 Å². The molecule has 6 nitrogen and oxygen atoms in total. The molecule has 2 N–H and O–H groups in total. The number of benzene rings is 1. The monoisotopic (exact) mass is 317 g/mol. The van der Waals surface area contributed by atoms with Gasteiger partial charge in [-0.15, -0.1) is 0 Å². The van der Waals surface area contributed by atoms with Gasteiger partial charge in [0.05, 0.1) is 14.2 Å². The third-order valence-corrected chi connectivity index (χ3v) is 3.15. The van der Waals surface area contributed by atoms with Gasteiger partial charge in [0, 0.05) is 19.3 Å². The van der Waals surface area contributed by atoms with Crippen molar-refractivity contribution in [1.29, 1.82) is 5.26 Å². The lowest BCUT2D eigenvalue weighted by Crippen LogP contribution is -2.27. The number of amides is 1. The highest BCUT2D eigenvalue weighted by Crippen LogP contribution is 2.27. The van der Waals surface area contributed by atoms with E-state index in [2.05, 4.69) is 10.6 Å². The highest BCUT2D eigenvalue weighted by atomic mass is 16.5. The van der Waals surface area contributed by atoms with Crippen LogP contribution >= 0.6 is 0 Å². The van der Waals surface area contributed by atoms with Crippen molar-refractivity contribution in [3.8, 4) is 17.6 Å². The van der Waals surface area contributed by atoms with Crippen LogP contribution in [0.15, 0.2) is 30.0 Å². The molecule has 0 atom stereocenters. The van der Waals surface area contributed by atoms with E-state index in [0.717, 1.165) is 18.5 Å². The van der Waals surface area contributed by atoms with Crippen LogP contribution in [-0.2, 0) is 11.2 Å². The third-order valence-electron chi connectivity index (χ3n) is 3.15. The minimum absolute atomic E-state index is 0.0748. The fourth-order valence-electron chi connectivity index (χ4n) is 1.92. The number of carbonyl (C=O) groups excluding carboxylic acids is 1. The second kappa shape index (κ2) is 10.1. The molecule has 0 radical (unpaired) electrons. The molecule has 0 fully saturated rings. The Morgan fingerprint density at radius 3 is 2.61 bits per heavy atom. The molecule has 1 aromatic carbocycles. The van der Waals surface area contributed by atoms with Crippen molar-refractivity contribution in [2.24, 2.45) is 0 Å². The fraction of sp³-hybridized carbons (Fsp3) is 0.412. The molecule has 0 spiro atoms. The topological polar surface area (TPSA) is 83.4 Å². The highest BCUT2D eigenvalue weighted by Gasteiger charge is 2.09. The minimum atomic E-state index is -0.378. The fourth-order valence-corrected chi connectivity index (χ4v) is 1.92. The molecule has 124 valence electrons. The molecule has 23 heavy (non-hydrogen) atoms. The SMILES string of the molecule is CCCN/C=C(/C#N)C(=O)NCCc1ccc(OC)c(OC)c1. The maximum atomic E-state index is 11.9. The first-order chi connectivity index (χ1) is 11.2. The third kappa shape index (κ3) is 5.91. The normalized spacial score (nSPS) is 10.6. The van der Waals surface area contributed by atoms with Gasteiger partial charge in [-0.1, -0.05) is 13.0 Å². The molecular weight excluding hydrogens is 294 g/mol. The lowest BCUT2D eigenvalue weighted by Gasteiger charge is -2.10. The average molecular weight is 317 g/mol. The quantitative estimate of drug-likeness (QED) is 0.412. The largest absolute Gasteiger partial charge is 0.493 e. The second-order valence-corrected chi connectivity index (χ2v) is 4.82. The highest BCUT2D eigenvalue weighted by molar-refractivity contribution is 5.97. The summed E-state index contributed by atoms with van der Waals surface area (Å²) < 4.78 is 10.4. The molecular formula is C17H23N3O3. The zero-order valence-corrected chi connectivity index (χ0v) is 13.8. The van der Waals surface area contributed by atoms with Crippen LogP contribution < -0.4 is 20.1 Å². The van der Waals surface area contributed by atoms with Gasteiger partial charge in [0.2, 0.25) is 0 Å². The van der Waals surface area contributed by atoms with Crippen LogP contribution in [-0.4, -0.2) is 33.2 Å². The van der Waals surface area contributed by atoms with Crippen molar-refractivity contribution in [3.63, 3.8) is 0 Å². The molecule has 0 heterocycles. The Balaban J connectivity index is 2.54. The van der Waals surface area contributed by atoms with E-state index in [0.29, 0.717) is 24.5 Å². The van der Waals surface area contributed by atoms with Crippen LogP contribution in [0.25, 0.3) is 0 Å². The molecule has 0 aliphatic carbocycles. The summed E-state index contributed by atoms with van der Waals surface area (Å²) >= 11 is 0. The number of nitriles is 1. The van der Waals surface area contributed by atoms with Crippen molar-refractivity contribution < 1.29 is 14.3 Å². The van der Waals surface area contributed by atoms with Gasteiger partial charge in [0.1, 0.15) is 11.6 Å². The zero-order chi connectivity index (χ0) is 17.1. The molecule has 0 aliphatic heterocycles. The Bertz CT molecular complexity index is 591. The number of nitrogens with one attached hydrogen (secondary N) is 2. The van der Waals surface area contributed by atoms with Gasteiger partial charge in [0.25, 0.3) is 5.91 Å². The number of carbonyl (C=O) groups is 1. The second-order valence-electron chi connectivity index (χ2n) is 4.82. The lowest BCUT2D eigenvalue weighted by molar-refractivity contribution is -0.117. The molecule has 6 heteroatoms. The van der Waals surface area contributed by atoms with Gasteiger partial charge in [0.15, 0.2) is 11.5 Å². The summed E-state index contributed by atoms with van der Waals surface area (Å²) in [6.45, 7) is 3.17. The first kappa shape index (κ1) is 18.4. The number of nitrogens with zero attached hydrogens (tertiary/aromatic N) is 1. The van der Waals surface area contributed by atoms with E-state index in [4.69, 9.17) is 14.7 Å². The van der Waals surface area contributed by atoms with Gasteiger partial charge in [-0.25, -0.2) is 0 Å². The average Bonchev–Trinajstić information content (AvgIpc) is 2.58. The first-order valence-electron chi connectivity index (χ1n) is 7.49. The summed E-state index contributed by atoms with van der Waals surface area (Å²) in [5, 5.41) is 14.6. The molecule has 1 amide bonds. The number of rotatable bonds is 9. The maximum Gasteiger partial charge on any atom is 0.263 e. The zero-order valence-electron chi connectivity index (χ0n) is 13.8. The van der Waals surface area contributed by atoms with Crippen molar-refractivity contribution >= 4 is 5.91 Å². The molecule has 0 aliphatic rings. The molecule has 0 unspecified atom stereocenters. The Hall–Kier alpha value is -2.68. The number of hydrogen-bond acceptors (Lipinski definition) is 5. The minimum Gasteiger partial charge on any atom is -0.493 e. The van der Waals surface area contributed by atoms with Crippen molar-refractivity contribution in [2.75, 3.05) is 27.3 Å². The summed E-state index contributed by atoms with van der Waals surface area (Å²) in [4.78, 5) is 11.9. The first-order valence-corrected chi connectivity index (χ1v) is 7.49. The van der Waals surface area contributed by atoms with Crippen LogP contribution in [0, 0.1) is 11.3 Å². The predicted molar refractivity (Wildman–Crippen MR) is 88.2 cm³/mol. The maximum absolute atomic E-state index is 11.9. The van der Waals surface area contributed by atoms with Crippen LogP contribution in [0.5, 0.6) is 11.5 Å². The Labute approximate surface area is 137 Å². The van der Waals surface area contributed by atoms with E-state index in [1.165, 1.54) is 6.20 Å². The molecule has 1 aromatic rings. The molecule has 0 aromatic heterocycles. The molecule has 1 rings (SSSR count).